The minimum atomic E-state index is -3.29. The van der Waals surface area contributed by atoms with Crippen LogP contribution in [0.2, 0.25) is 5.02 Å². The number of aliphatic hydroxyl groups is 1. The molecule has 1 fully saturated rings. The molecule has 0 saturated carbocycles. The number of nitrogens with one attached hydrogen (secondary N) is 1. The Kier molecular flexibility index (Phi) is 6.81. The van der Waals surface area contributed by atoms with E-state index in [0.717, 1.165) is 0 Å². The molecule has 0 radical (unpaired) electrons. The van der Waals surface area contributed by atoms with Crippen molar-refractivity contribution in [3.8, 4) is 0 Å². The second-order valence-corrected chi connectivity index (χ2v) is 9.07. The topological polar surface area (TPSA) is 90.0 Å². The molecule has 1 aromatic rings. The second-order valence-electron chi connectivity index (χ2n) is 6.51. The van der Waals surface area contributed by atoms with Crippen molar-refractivity contribution < 1.29 is 18.3 Å². The van der Waals surface area contributed by atoms with Crippen LogP contribution < -0.4 is 5.32 Å². The Labute approximate surface area is 153 Å². The maximum absolute atomic E-state index is 12.4. The monoisotopic (exact) mass is 389 g/mol. The van der Waals surface area contributed by atoms with Crippen molar-refractivity contribution >= 4 is 33.0 Å². The molecule has 140 valence electrons. The summed E-state index contributed by atoms with van der Waals surface area (Å²) in [5, 5.41) is 13.3. The molecule has 0 aliphatic carbocycles. The average molecular weight is 390 g/mol. The summed E-state index contributed by atoms with van der Waals surface area (Å²) in [4.78, 5) is 16.1. The van der Waals surface area contributed by atoms with Gasteiger partial charge in [0.05, 0.1) is 40.9 Å². The number of amides is 1. The van der Waals surface area contributed by atoms with Crippen LogP contribution in [-0.2, 0) is 14.6 Å². The van der Waals surface area contributed by atoms with Gasteiger partial charge in [0.2, 0.25) is 5.91 Å². The summed E-state index contributed by atoms with van der Waals surface area (Å²) in [6, 6.07) is 6.31. The molecule has 0 bridgehead atoms. The number of anilines is 1. The van der Waals surface area contributed by atoms with Crippen molar-refractivity contribution in [2.45, 2.75) is 12.1 Å². The summed E-state index contributed by atoms with van der Waals surface area (Å²) in [7, 11) is 0.498. The number of nitrogens with zero attached hydrogens (tertiary/aromatic N) is 2. The first-order valence-corrected chi connectivity index (χ1v) is 10.2. The fourth-order valence-corrected chi connectivity index (χ4v) is 4.80. The smallest absolute Gasteiger partial charge is 0.238 e. The largest absolute Gasteiger partial charge is 0.390 e. The molecule has 1 heterocycles. The minimum absolute atomic E-state index is 0.0175. The average Bonchev–Trinajstić information content (AvgIpc) is 2.78. The van der Waals surface area contributed by atoms with Crippen LogP contribution in [0, 0.1) is 0 Å². The van der Waals surface area contributed by atoms with E-state index in [0.29, 0.717) is 23.8 Å². The fourth-order valence-electron chi connectivity index (χ4n) is 2.79. The number of likely N-dealkylation sites (N-methyl/N-ethyl adjacent to an activating group) is 1. The van der Waals surface area contributed by atoms with E-state index in [2.05, 4.69) is 5.32 Å². The number of hydrogen-bond donors (Lipinski definition) is 2. The summed E-state index contributed by atoms with van der Waals surface area (Å²) in [5.74, 6) is -0.702. The van der Waals surface area contributed by atoms with Gasteiger partial charge >= 0.3 is 0 Å². The van der Waals surface area contributed by atoms with Crippen LogP contribution in [0.4, 0.5) is 5.69 Å². The minimum Gasteiger partial charge on any atom is -0.390 e. The highest BCUT2D eigenvalue weighted by Crippen LogP contribution is 2.21. The molecular weight excluding hydrogens is 366 g/mol. The van der Waals surface area contributed by atoms with Crippen molar-refractivity contribution in [3.63, 3.8) is 0 Å². The van der Waals surface area contributed by atoms with E-state index in [4.69, 9.17) is 11.6 Å². The fraction of sp³-hybridized carbons (Fsp3) is 0.562. The Hall–Kier alpha value is -1.19. The Morgan fingerprint density at radius 1 is 1.28 bits per heavy atom. The maximum Gasteiger partial charge on any atom is 0.238 e. The van der Waals surface area contributed by atoms with Crippen molar-refractivity contribution in [3.05, 3.63) is 29.3 Å². The molecule has 1 aromatic carbocycles. The van der Waals surface area contributed by atoms with Crippen molar-refractivity contribution in [2.24, 2.45) is 0 Å². The summed E-state index contributed by atoms with van der Waals surface area (Å²) < 4.78 is 23.6. The Bertz CT molecular complexity index is 711. The number of benzene rings is 1. The van der Waals surface area contributed by atoms with E-state index in [1.807, 2.05) is 19.0 Å². The molecule has 1 aliphatic heterocycles. The molecule has 2 N–H and O–H groups in total. The van der Waals surface area contributed by atoms with Crippen LogP contribution in [0.15, 0.2) is 24.3 Å². The molecule has 25 heavy (non-hydrogen) atoms. The SMILES string of the molecule is CN(C)CCN(CC(=O)Nc1ccccc1Cl)C1CS(=O)(=O)CC1O. The summed E-state index contributed by atoms with van der Waals surface area (Å²) >= 11 is 6.04. The molecule has 0 aromatic heterocycles. The van der Waals surface area contributed by atoms with Crippen molar-refractivity contribution in [1.82, 2.24) is 9.80 Å². The first kappa shape index (κ1) is 20.1. The van der Waals surface area contributed by atoms with Gasteiger partial charge in [-0.05, 0) is 26.2 Å². The maximum atomic E-state index is 12.4. The first-order valence-electron chi connectivity index (χ1n) is 7.99. The van der Waals surface area contributed by atoms with Crippen LogP contribution >= 0.6 is 11.6 Å². The lowest BCUT2D eigenvalue weighted by Crippen LogP contribution is -2.49. The van der Waals surface area contributed by atoms with E-state index in [9.17, 15) is 18.3 Å². The quantitative estimate of drug-likeness (QED) is 0.697. The lowest BCUT2D eigenvalue weighted by molar-refractivity contribution is -0.118. The van der Waals surface area contributed by atoms with Crippen LogP contribution in [0.5, 0.6) is 0 Å². The number of halogens is 1. The highest BCUT2D eigenvalue weighted by atomic mass is 35.5. The number of rotatable bonds is 7. The van der Waals surface area contributed by atoms with Gasteiger partial charge in [-0.25, -0.2) is 8.42 Å². The third-order valence-electron chi connectivity index (χ3n) is 4.09. The zero-order valence-corrected chi connectivity index (χ0v) is 15.9. The van der Waals surface area contributed by atoms with Gasteiger partial charge in [0.1, 0.15) is 0 Å². The van der Waals surface area contributed by atoms with E-state index >= 15 is 0 Å². The molecule has 7 nitrogen and oxygen atoms in total. The van der Waals surface area contributed by atoms with Gasteiger partial charge < -0.3 is 15.3 Å². The number of para-hydroxylation sites is 1. The number of aliphatic hydroxyl groups excluding tert-OH is 1. The summed E-state index contributed by atoms with van der Waals surface area (Å²) in [5.41, 5.74) is 0.501. The van der Waals surface area contributed by atoms with Gasteiger partial charge in [-0.3, -0.25) is 9.69 Å². The second kappa shape index (κ2) is 8.46. The van der Waals surface area contributed by atoms with E-state index < -0.39 is 22.0 Å². The molecule has 2 atom stereocenters. The highest BCUT2D eigenvalue weighted by molar-refractivity contribution is 7.91. The Balaban J connectivity index is 2.07. The molecule has 2 unspecified atom stereocenters. The van der Waals surface area contributed by atoms with Gasteiger partial charge in [0, 0.05) is 13.1 Å². The zero-order chi connectivity index (χ0) is 18.6. The van der Waals surface area contributed by atoms with E-state index in [1.165, 1.54) is 0 Å². The first-order chi connectivity index (χ1) is 11.7. The van der Waals surface area contributed by atoms with Crippen LogP contribution in [0.3, 0.4) is 0 Å². The van der Waals surface area contributed by atoms with Gasteiger partial charge in [0.25, 0.3) is 0 Å². The zero-order valence-electron chi connectivity index (χ0n) is 14.4. The summed E-state index contributed by atoms with van der Waals surface area (Å²) in [6.07, 6.45) is -0.986. The van der Waals surface area contributed by atoms with Crippen LogP contribution in [0.25, 0.3) is 0 Å². The molecule has 9 heteroatoms. The standard InChI is InChI=1S/C16H24ClN3O4S/c1-19(2)7-8-20(14-10-25(23,24)11-15(14)21)9-16(22)18-13-6-4-3-5-12(13)17/h3-6,14-15,21H,7-11H2,1-2H3,(H,18,22). The van der Waals surface area contributed by atoms with Gasteiger partial charge in [-0.1, -0.05) is 23.7 Å². The Morgan fingerprint density at radius 3 is 2.52 bits per heavy atom. The van der Waals surface area contributed by atoms with Crippen LogP contribution in [0.1, 0.15) is 0 Å². The van der Waals surface area contributed by atoms with Gasteiger partial charge in [-0.15, -0.1) is 0 Å². The normalized spacial score (nSPS) is 22.5. The number of carbonyl (C=O) groups is 1. The van der Waals surface area contributed by atoms with Gasteiger partial charge in [-0.2, -0.15) is 0 Å². The van der Waals surface area contributed by atoms with E-state index in [-0.39, 0.29) is 24.0 Å². The van der Waals surface area contributed by atoms with Gasteiger partial charge in [0.15, 0.2) is 9.84 Å². The lowest BCUT2D eigenvalue weighted by atomic mass is 10.1. The molecule has 0 spiro atoms. The van der Waals surface area contributed by atoms with Crippen LogP contribution in [-0.4, -0.2) is 86.6 Å². The Morgan fingerprint density at radius 2 is 1.96 bits per heavy atom. The third kappa shape index (κ3) is 5.93. The number of hydrogen-bond acceptors (Lipinski definition) is 6. The number of carbonyl (C=O) groups excluding carboxylic acids is 1. The third-order valence-corrected chi connectivity index (χ3v) is 6.12. The lowest BCUT2D eigenvalue weighted by Gasteiger charge is -2.30. The highest BCUT2D eigenvalue weighted by Gasteiger charge is 2.40. The number of sulfone groups is 1. The summed E-state index contributed by atoms with van der Waals surface area (Å²) in [6.45, 7) is 1.10. The molecular formula is C16H24ClN3O4S. The molecule has 1 amide bonds. The molecule has 2 rings (SSSR count). The van der Waals surface area contributed by atoms with Crippen molar-refractivity contribution in [1.29, 1.82) is 0 Å². The van der Waals surface area contributed by atoms with Crippen molar-refractivity contribution in [2.75, 3.05) is 50.6 Å². The predicted octanol–water partition coefficient (Wildman–Crippen LogP) is 0.300. The molecule has 1 saturated heterocycles. The van der Waals surface area contributed by atoms with E-state index in [1.54, 1.807) is 29.2 Å². The molecule has 1 aliphatic rings. The predicted molar refractivity (Wildman–Crippen MR) is 98.7 cm³/mol.